The number of aromatic nitrogens is 1. The number of pyridine rings is 1. The molecular formula is C14H15BrN4O2. The van der Waals surface area contributed by atoms with Gasteiger partial charge in [-0.2, -0.15) is 0 Å². The van der Waals surface area contributed by atoms with Crippen LogP contribution in [0.4, 0.5) is 11.4 Å². The third kappa shape index (κ3) is 2.87. The summed E-state index contributed by atoms with van der Waals surface area (Å²) in [5.41, 5.74) is 7.56. The van der Waals surface area contributed by atoms with Crippen LogP contribution < -0.4 is 10.6 Å². The van der Waals surface area contributed by atoms with E-state index in [4.69, 9.17) is 10.2 Å². The molecule has 0 saturated carbocycles. The van der Waals surface area contributed by atoms with Gasteiger partial charge in [0.1, 0.15) is 0 Å². The van der Waals surface area contributed by atoms with Gasteiger partial charge in [0.2, 0.25) is 0 Å². The van der Waals surface area contributed by atoms with Gasteiger partial charge in [0, 0.05) is 32.4 Å². The van der Waals surface area contributed by atoms with E-state index in [1.54, 1.807) is 29.4 Å². The van der Waals surface area contributed by atoms with Gasteiger partial charge in [0.15, 0.2) is 10.4 Å². The Hall–Kier alpha value is -2.02. The molecule has 0 unspecified atom stereocenters. The van der Waals surface area contributed by atoms with Crippen LogP contribution in [0.2, 0.25) is 0 Å². The van der Waals surface area contributed by atoms with Crippen LogP contribution in [0.1, 0.15) is 10.6 Å². The number of nitrogen functional groups attached to an aromatic ring is 1. The zero-order chi connectivity index (χ0) is 14.8. The molecule has 2 N–H and O–H groups in total. The molecule has 21 heavy (non-hydrogen) atoms. The second-order valence-electron chi connectivity index (χ2n) is 4.82. The standard InChI is InChI=1S/C14H15BrN4O2/c15-13-2-1-12(21-13)14(20)19-7-5-18(6-8-19)11-3-4-17-9-10(11)16/h1-4,9H,5-8,16H2. The maximum absolute atomic E-state index is 12.3. The van der Waals surface area contributed by atoms with Crippen LogP contribution >= 0.6 is 15.9 Å². The van der Waals surface area contributed by atoms with E-state index in [0.717, 1.165) is 18.8 Å². The normalized spacial score (nSPS) is 15.3. The molecule has 0 bridgehead atoms. The number of hydrogen-bond acceptors (Lipinski definition) is 5. The van der Waals surface area contributed by atoms with Crippen LogP contribution in [0.3, 0.4) is 0 Å². The van der Waals surface area contributed by atoms with E-state index in [-0.39, 0.29) is 5.91 Å². The number of nitrogens with two attached hydrogens (primary N) is 1. The number of carbonyl (C=O) groups is 1. The fraction of sp³-hybridized carbons (Fsp3) is 0.286. The Morgan fingerprint density at radius 3 is 2.62 bits per heavy atom. The molecule has 1 amide bonds. The number of carbonyl (C=O) groups excluding carboxylic acids is 1. The minimum absolute atomic E-state index is 0.0805. The van der Waals surface area contributed by atoms with E-state index >= 15 is 0 Å². The predicted molar refractivity (Wildman–Crippen MR) is 83.2 cm³/mol. The lowest BCUT2D eigenvalue weighted by molar-refractivity contribution is 0.0713. The number of piperazine rings is 1. The Morgan fingerprint density at radius 2 is 2.00 bits per heavy atom. The molecular weight excluding hydrogens is 336 g/mol. The van der Waals surface area contributed by atoms with Gasteiger partial charge < -0.3 is 20.0 Å². The summed E-state index contributed by atoms with van der Waals surface area (Å²) in [7, 11) is 0. The lowest BCUT2D eigenvalue weighted by atomic mass is 10.2. The van der Waals surface area contributed by atoms with Gasteiger partial charge in [-0.3, -0.25) is 9.78 Å². The molecule has 110 valence electrons. The number of anilines is 2. The maximum Gasteiger partial charge on any atom is 0.289 e. The third-order valence-corrected chi connectivity index (χ3v) is 3.95. The van der Waals surface area contributed by atoms with Crippen molar-refractivity contribution in [3.63, 3.8) is 0 Å². The summed E-state index contributed by atoms with van der Waals surface area (Å²) in [6.07, 6.45) is 3.37. The lowest BCUT2D eigenvalue weighted by Gasteiger charge is -2.36. The Balaban J connectivity index is 1.65. The Kier molecular flexibility index (Phi) is 3.83. The summed E-state index contributed by atoms with van der Waals surface area (Å²) in [4.78, 5) is 20.2. The van der Waals surface area contributed by atoms with Crippen molar-refractivity contribution in [2.45, 2.75) is 0 Å². The van der Waals surface area contributed by atoms with Crippen molar-refractivity contribution in [3.05, 3.63) is 41.0 Å². The van der Waals surface area contributed by atoms with E-state index in [1.807, 2.05) is 6.07 Å². The topological polar surface area (TPSA) is 75.6 Å². The molecule has 0 atom stereocenters. The summed E-state index contributed by atoms with van der Waals surface area (Å²) in [6, 6.07) is 5.30. The molecule has 0 aromatic carbocycles. The van der Waals surface area contributed by atoms with Crippen LogP contribution in [0.5, 0.6) is 0 Å². The highest BCUT2D eigenvalue weighted by molar-refractivity contribution is 9.10. The third-order valence-electron chi connectivity index (χ3n) is 3.52. The van der Waals surface area contributed by atoms with Crippen LogP contribution in [0, 0.1) is 0 Å². The molecule has 1 saturated heterocycles. The van der Waals surface area contributed by atoms with E-state index < -0.39 is 0 Å². The van der Waals surface area contributed by atoms with Crippen molar-refractivity contribution in [1.82, 2.24) is 9.88 Å². The van der Waals surface area contributed by atoms with Crippen LogP contribution in [0.15, 0.2) is 39.7 Å². The predicted octanol–water partition coefficient (Wildman–Crippen LogP) is 1.98. The minimum atomic E-state index is -0.0805. The molecule has 7 heteroatoms. The number of amides is 1. The highest BCUT2D eigenvalue weighted by Crippen LogP contribution is 2.23. The lowest BCUT2D eigenvalue weighted by Crippen LogP contribution is -2.48. The average Bonchev–Trinajstić information content (AvgIpc) is 2.94. The molecule has 1 aliphatic rings. The summed E-state index contributed by atoms with van der Waals surface area (Å²) in [6.45, 7) is 2.75. The average molecular weight is 351 g/mol. The number of halogens is 1. The Morgan fingerprint density at radius 1 is 1.24 bits per heavy atom. The Bertz CT molecular complexity index is 650. The van der Waals surface area contributed by atoms with E-state index in [9.17, 15) is 4.79 Å². The molecule has 0 spiro atoms. The maximum atomic E-state index is 12.3. The quantitative estimate of drug-likeness (QED) is 0.896. The summed E-state index contributed by atoms with van der Waals surface area (Å²) in [5.74, 6) is 0.279. The first kappa shape index (κ1) is 13.9. The molecule has 1 aliphatic heterocycles. The monoisotopic (exact) mass is 350 g/mol. The van der Waals surface area contributed by atoms with Crippen molar-refractivity contribution in [2.75, 3.05) is 36.8 Å². The largest absolute Gasteiger partial charge is 0.444 e. The molecule has 3 rings (SSSR count). The van der Waals surface area contributed by atoms with Crippen LogP contribution in [-0.2, 0) is 0 Å². The van der Waals surface area contributed by atoms with Crippen LogP contribution in [-0.4, -0.2) is 42.0 Å². The fourth-order valence-corrected chi connectivity index (χ4v) is 2.73. The van der Waals surface area contributed by atoms with E-state index in [0.29, 0.717) is 29.2 Å². The minimum Gasteiger partial charge on any atom is -0.444 e. The highest BCUT2D eigenvalue weighted by atomic mass is 79.9. The second kappa shape index (κ2) is 5.77. The molecule has 1 fully saturated rings. The summed E-state index contributed by atoms with van der Waals surface area (Å²) in [5, 5.41) is 0. The highest BCUT2D eigenvalue weighted by Gasteiger charge is 2.24. The van der Waals surface area contributed by atoms with E-state index in [1.165, 1.54) is 0 Å². The molecule has 0 aliphatic carbocycles. The first-order valence-corrected chi connectivity index (χ1v) is 7.43. The van der Waals surface area contributed by atoms with Crippen molar-refractivity contribution < 1.29 is 9.21 Å². The zero-order valence-corrected chi connectivity index (χ0v) is 12.9. The molecule has 6 nitrogen and oxygen atoms in total. The van der Waals surface area contributed by atoms with Gasteiger partial charge >= 0.3 is 0 Å². The molecule has 0 radical (unpaired) electrons. The zero-order valence-electron chi connectivity index (χ0n) is 11.3. The molecule has 3 heterocycles. The van der Waals surface area contributed by atoms with Gasteiger partial charge in [0.25, 0.3) is 5.91 Å². The van der Waals surface area contributed by atoms with Gasteiger partial charge in [-0.25, -0.2) is 0 Å². The number of rotatable bonds is 2. The Labute approximate surface area is 130 Å². The summed E-state index contributed by atoms with van der Waals surface area (Å²) >= 11 is 3.21. The number of furan rings is 1. The van der Waals surface area contributed by atoms with Gasteiger partial charge in [-0.1, -0.05) is 0 Å². The first-order valence-electron chi connectivity index (χ1n) is 6.64. The van der Waals surface area contributed by atoms with Crippen molar-refractivity contribution >= 4 is 33.2 Å². The van der Waals surface area contributed by atoms with Gasteiger partial charge in [0.05, 0.1) is 17.6 Å². The van der Waals surface area contributed by atoms with Crippen molar-refractivity contribution in [1.29, 1.82) is 0 Å². The van der Waals surface area contributed by atoms with Crippen molar-refractivity contribution in [3.8, 4) is 0 Å². The number of nitrogens with zero attached hydrogens (tertiary/aromatic N) is 3. The van der Waals surface area contributed by atoms with Gasteiger partial charge in [-0.05, 0) is 34.1 Å². The van der Waals surface area contributed by atoms with E-state index in [2.05, 4.69) is 25.8 Å². The SMILES string of the molecule is Nc1cnccc1N1CCN(C(=O)c2ccc(Br)o2)CC1. The first-order chi connectivity index (χ1) is 10.1. The fourth-order valence-electron chi connectivity index (χ4n) is 2.42. The molecule has 2 aromatic rings. The van der Waals surface area contributed by atoms with Crippen molar-refractivity contribution in [2.24, 2.45) is 0 Å². The second-order valence-corrected chi connectivity index (χ2v) is 5.60. The summed E-state index contributed by atoms with van der Waals surface area (Å²) < 4.78 is 5.88. The van der Waals surface area contributed by atoms with Gasteiger partial charge in [-0.15, -0.1) is 0 Å². The smallest absolute Gasteiger partial charge is 0.289 e. The molecule has 2 aromatic heterocycles. The van der Waals surface area contributed by atoms with Crippen LogP contribution in [0.25, 0.3) is 0 Å². The number of hydrogen-bond donors (Lipinski definition) is 1.